The number of aromatic nitrogens is 2. The average Bonchev–Trinajstić information content (AvgIpc) is 3.45. The van der Waals surface area contributed by atoms with Crippen LogP contribution in [0.2, 0.25) is 0 Å². The molecule has 3 aromatic rings. The average molecular weight is 439 g/mol. The van der Waals surface area contributed by atoms with Crippen LogP contribution in [0.5, 0.6) is 0 Å². The molecule has 5 nitrogen and oxygen atoms in total. The predicted molar refractivity (Wildman–Crippen MR) is 122 cm³/mol. The zero-order chi connectivity index (χ0) is 20.7. The van der Waals surface area contributed by atoms with Gasteiger partial charge in [0.1, 0.15) is 21.3 Å². The van der Waals surface area contributed by atoms with E-state index in [0.29, 0.717) is 6.54 Å². The molecule has 7 heteroatoms. The van der Waals surface area contributed by atoms with E-state index in [0.717, 1.165) is 45.1 Å². The van der Waals surface area contributed by atoms with Crippen molar-refractivity contribution in [1.82, 2.24) is 4.57 Å². The summed E-state index contributed by atoms with van der Waals surface area (Å²) in [5.74, 6) is 0. The highest BCUT2D eigenvalue weighted by Gasteiger charge is 2.25. The first-order valence-electron chi connectivity index (χ1n) is 10.1. The lowest BCUT2D eigenvalue weighted by atomic mass is 10.2. The van der Waals surface area contributed by atoms with Crippen LogP contribution in [0.25, 0.3) is 11.1 Å². The minimum Gasteiger partial charge on any atom is -0.376 e. The van der Waals surface area contributed by atoms with Crippen molar-refractivity contribution in [3.8, 4) is 0 Å². The fraction of sp³-hybridized carbons (Fsp3) is 0.304. The van der Waals surface area contributed by atoms with E-state index >= 15 is 0 Å². The normalized spacial score (nSPS) is 20.8. The van der Waals surface area contributed by atoms with E-state index in [1.165, 1.54) is 4.90 Å². The summed E-state index contributed by atoms with van der Waals surface area (Å²) in [4.78, 5) is 16.9. The minimum absolute atomic E-state index is 0.0718. The van der Waals surface area contributed by atoms with Gasteiger partial charge in [-0.15, -0.1) is 11.3 Å². The van der Waals surface area contributed by atoms with Gasteiger partial charge < -0.3 is 9.64 Å². The molecule has 2 aliphatic rings. The van der Waals surface area contributed by atoms with Crippen molar-refractivity contribution in [3.63, 3.8) is 0 Å². The van der Waals surface area contributed by atoms with Crippen LogP contribution in [0, 0.1) is 0 Å². The largest absolute Gasteiger partial charge is 0.376 e. The van der Waals surface area contributed by atoms with Crippen molar-refractivity contribution in [2.45, 2.75) is 30.4 Å². The standard InChI is InChI=1S/C23H24N3O2S2/c1-24-12-6-5-8-16(24)14-20-26(15-17-9-7-13-28-17)22(27)21(30-20)23-25(2)18-10-3-4-11-19(18)29-23/h3-6,8,10-12,14,17H,7,9,13,15H2,1-2H3/q+1. The molecule has 0 radical (unpaired) electrons. The number of benzene rings is 1. The van der Waals surface area contributed by atoms with Crippen LogP contribution in [0.4, 0.5) is 5.69 Å². The number of aryl methyl sites for hydroxylation is 1. The van der Waals surface area contributed by atoms with Gasteiger partial charge in [0.15, 0.2) is 6.20 Å². The lowest BCUT2D eigenvalue weighted by molar-refractivity contribution is -0.673. The second kappa shape index (κ2) is 8.06. The summed E-state index contributed by atoms with van der Waals surface area (Å²) in [7, 11) is 4.06. The van der Waals surface area contributed by atoms with Gasteiger partial charge in [0.25, 0.3) is 5.56 Å². The molecule has 0 spiro atoms. The van der Waals surface area contributed by atoms with Gasteiger partial charge in [-0.3, -0.25) is 9.36 Å². The van der Waals surface area contributed by atoms with Crippen molar-refractivity contribution in [2.75, 3.05) is 18.6 Å². The maximum atomic E-state index is 13.6. The van der Waals surface area contributed by atoms with Crippen molar-refractivity contribution < 1.29 is 9.30 Å². The van der Waals surface area contributed by atoms with Crippen LogP contribution >= 0.6 is 23.1 Å². The molecule has 1 atom stereocenters. The number of thioether (sulfide) groups is 1. The number of anilines is 1. The van der Waals surface area contributed by atoms with E-state index in [4.69, 9.17) is 4.74 Å². The van der Waals surface area contributed by atoms with E-state index in [1.54, 1.807) is 23.1 Å². The van der Waals surface area contributed by atoms with Gasteiger partial charge in [-0.2, -0.15) is 0 Å². The molecule has 0 amide bonds. The van der Waals surface area contributed by atoms with Gasteiger partial charge in [-0.05, 0) is 31.0 Å². The number of fused-ring (bicyclic) bond motifs is 1. The molecule has 0 saturated carbocycles. The SMILES string of the molecule is CN1C(=c2sc(=Cc3cccc[n+]3C)n(CC3CCCO3)c2=O)Sc2ccccc21. The highest BCUT2D eigenvalue weighted by molar-refractivity contribution is 8.08. The number of nitrogens with zero attached hydrogens (tertiary/aromatic N) is 3. The van der Waals surface area contributed by atoms with Crippen LogP contribution in [-0.2, 0) is 18.3 Å². The number of hydrogen-bond acceptors (Lipinski definition) is 5. The molecule has 154 valence electrons. The second-order valence-electron chi connectivity index (χ2n) is 7.63. The third-order valence-corrected chi connectivity index (χ3v) is 8.11. The molecule has 1 saturated heterocycles. The molecule has 1 fully saturated rings. The molecule has 0 N–H and O–H groups in total. The van der Waals surface area contributed by atoms with Crippen LogP contribution in [0.3, 0.4) is 0 Å². The monoisotopic (exact) mass is 438 g/mol. The summed E-state index contributed by atoms with van der Waals surface area (Å²) in [5, 5.41) is 1.00. The Kier molecular flexibility index (Phi) is 5.26. The van der Waals surface area contributed by atoms with Gasteiger partial charge >= 0.3 is 0 Å². The Morgan fingerprint density at radius 2 is 2.07 bits per heavy atom. The number of para-hydroxylation sites is 1. The topological polar surface area (TPSA) is 38.4 Å². The van der Waals surface area contributed by atoms with E-state index in [9.17, 15) is 4.79 Å². The highest BCUT2D eigenvalue weighted by atomic mass is 32.2. The molecular formula is C23H24N3O2S2+. The molecule has 1 unspecified atom stereocenters. The highest BCUT2D eigenvalue weighted by Crippen LogP contribution is 2.44. The quantitative estimate of drug-likeness (QED) is 0.587. The lowest BCUT2D eigenvalue weighted by Gasteiger charge is -2.12. The zero-order valence-electron chi connectivity index (χ0n) is 17.1. The maximum Gasteiger partial charge on any atom is 0.271 e. The first kappa shape index (κ1) is 19.6. The van der Waals surface area contributed by atoms with Crippen LogP contribution in [0.1, 0.15) is 18.5 Å². The fourth-order valence-electron chi connectivity index (χ4n) is 3.95. The number of rotatable bonds is 3. The van der Waals surface area contributed by atoms with Crippen molar-refractivity contribution in [3.05, 3.63) is 73.9 Å². The third kappa shape index (κ3) is 3.51. The summed E-state index contributed by atoms with van der Waals surface area (Å²) in [6, 6.07) is 14.4. The first-order valence-corrected chi connectivity index (χ1v) is 11.8. The van der Waals surface area contributed by atoms with Gasteiger partial charge in [0, 0.05) is 36.8 Å². The minimum atomic E-state index is 0.0718. The Morgan fingerprint density at radius 1 is 1.23 bits per heavy atom. The number of ether oxygens (including phenoxy) is 1. The molecular weight excluding hydrogens is 414 g/mol. The van der Waals surface area contributed by atoms with E-state index in [1.807, 2.05) is 49.1 Å². The Labute approximate surface area is 183 Å². The second-order valence-corrected chi connectivity index (χ2v) is 9.70. The van der Waals surface area contributed by atoms with Crippen molar-refractivity contribution in [1.29, 1.82) is 0 Å². The van der Waals surface area contributed by atoms with E-state index < -0.39 is 0 Å². The van der Waals surface area contributed by atoms with Crippen LogP contribution in [0.15, 0.2) is 58.4 Å². The number of pyridine rings is 1. The molecule has 30 heavy (non-hydrogen) atoms. The third-order valence-electron chi connectivity index (χ3n) is 5.62. The fourth-order valence-corrected chi connectivity index (χ4v) is 6.36. The van der Waals surface area contributed by atoms with Crippen molar-refractivity contribution in [2.24, 2.45) is 7.05 Å². The number of hydrogen-bond donors (Lipinski definition) is 0. The lowest BCUT2D eigenvalue weighted by Crippen LogP contribution is -2.37. The van der Waals surface area contributed by atoms with E-state index in [2.05, 4.69) is 33.7 Å². The van der Waals surface area contributed by atoms with Gasteiger partial charge in [-0.25, -0.2) is 4.57 Å². The molecule has 2 aliphatic heterocycles. The first-order chi connectivity index (χ1) is 14.6. The van der Waals surface area contributed by atoms with Crippen LogP contribution < -0.4 is 24.2 Å². The summed E-state index contributed by atoms with van der Waals surface area (Å²) in [5.41, 5.74) is 2.28. The Balaban J connectivity index is 1.70. The molecule has 5 rings (SSSR count). The summed E-state index contributed by atoms with van der Waals surface area (Å²) in [6.07, 6.45) is 6.31. The van der Waals surface area contributed by atoms with Crippen molar-refractivity contribution >= 4 is 39.9 Å². The maximum absolute atomic E-state index is 13.6. The molecule has 0 aliphatic carbocycles. The smallest absolute Gasteiger partial charge is 0.271 e. The Bertz CT molecular complexity index is 1270. The van der Waals surface area contributed by atoms with Gasteiger partial charge in [0.05, 0.1) is 18.3 Å². The zero-order valence-corrected chi connectivity index (χ0v) is 18.7. The Morgan fingerprint density at radius 3 is 2.83 bits per heavy atom. The molecule has 1 aromatic carbocycles. The molecule has 0 bridgehead atoms. The predicted octanol–water partition coefficient (Wildman–Crippen LogP) is 2.05. The van der Waals surface area contributed by atoms with Gasteiger partial charge in [0.2, 0.25) is 5.69 Å². The van der Waals surface area contributed by atoms with Crippen LogP contribution in [-0.4, -0.2) is 24.3 Å². The molecule has 2 aromatic heterocycles. The summed E-state index contributed by atoms with van der Waals surface area (Å²) in [6.45, 7) is 1.39. The Hall–Kier alpha value is -2.35. The number of thiazole rings is 1. The molecule has 4 heterocycles. The summed E-state index contributed by atoms with van der Waals surface area (Å²) >= 11 is 3.25. The van der Waals surface area contributed by atoms with E-state index in [-0.39, 0.29) is 11.7 Å². The van der Waals surface area contributed by atoms with Gasteiger partial charge in [-0.1, -0.05) is 23.9 Å². The summed E-state index contributed by atoms with van der Waals surface area (Å²) < 4.78 is 11.6.